The van der Waals surface area contributed by atoms with E-state index in [-0.39, 0.29) is 11.3 Å². The predicted octanol–water partition coefficient (Wildman–Crippen LogP) is 3.06. The number of hydrogen-bond acceptors (Lipinski definition) is 2. The molecule has 0 saturated heterocycles. The number of halogens is 3. The molecule has 0 saturated carbocycles. The van der Waals surface area contributed by atoms with Crippen molar-refractivity contribution >= 4 is 5.69 Å². The third-order valence-corrected chi connectivity index (χ3v) is 2.35. The molecular formula is C12H8F3NO. The maximum absolute atomic E-state index is 13.5. The second-order valence-corrected chi connectivity index (χ2v) is 3.50. The van der Waals surface area contributed by atoms with Gasteiger partial charge in [-0.2, -0.15) is 0 Å². The van der Waals surface area contributed by atoms with E-state index in [0.717, 1.165) is 6.07 Å². The highest BCUT2D eigenvalue weighted by Crippen LogP contribution is 2.30. The van der Waals surface area contributed by atoms with Crippen LogP contribution in [0.2, 0.25) is 0 Å². The van der Waals surface area contributed by atoms with Crippen molar-refractivity contribution < 1.29 is 18.3 Å². The summed E-state index contributed by atoms with van der Waals surface area (Å²) in [6, 6.07) is 6.40. The van der Waals surface area contributed by atoms with Crippen LogP contribution in [-0.4, -0.2) is 5.11 Å². The highest BCUT2D eigenvalue weighted by Gasteiger charge is 2.17. The van der Waals surface area contributed by atoms with E-state index in [2.05, 4.69) is 0 Å². The molecule has 0 aliphatic heterocycles. The van der Waals surface area contributed by atoms with Crippen LogP contribution in [-0.2, 0) is 0 Å². The maximum Gasteiger partial charge on any atom is 0.197 e. The predicted molar refractivity (Wildman–Crippen MR) is 57.8 cm³/mol. The maximum atomic E-state index is 13.5. The van der Waals surface area contributed by atoms with Crippen molar-refractivity contribution in [1.29, 1.82) is 0 Å². The van der Waals surface area contributed by atoms with Gasteiger partial charge in [0.1, 0.15) is 5.75 Å². The standard InChI is InChI=1S/C12H8F3NO/c13-10-8(5-9(16)11(14)12(10)15)6-1-3-7(17)4-2-6/h1-5,17H,16H2. The van der Waals surface area contributed by atoms with Gasteiger partial charge >= 0.3 is 0 Å². The first-order valence-corrected chi connectivity index (χ1v) is 4.73. The largest absolute Gasteiger partial charge is 0.508 e. The lowest BCUT2D eigenvalue weighted by molar-refractivity contribution is 0.451. The minimum atomic E-state index is -1.60. The summed E-state index contributed by atoms with van der Waals surface area (Å²) in [6.45, 7) is 0. The molecule has 2 aromatic rings. The molecule has 17 heavy (non-hydrogen) atoms. The Balaban J connectivity index is 2.64. The van der Waals surface area contributed by atoms with Gasteiger partial charge in [-0.15, -0.1) is 0 Å². The summed E-state index contributed by atoms with van der Waals surface area (Å²) < 4.78 is 39.6. The summed E-state index contributed by atoms with van der Waals surface area (Å²) in [5.41, 5.74) is 4.91. The first-order chi connectivity index (χ1) is 8.00. The van der Waals surface area contributed by atoms with E-state index in [1.807, 2.05) is 0 Å². The van der Waals surface area contributed by atoms with Gasteiger partial charge in [0.25, 0.3) is 0 Å². The van der Waals surface area contributed by atoms with Crippen LogP contribution in [0.1, 0.15) is 0 Å². The molecule has 0 aliphatic carbocycles. The fourth-order valence-corrected chi connectivity index (χ4v) is 1.47. The number of phenolic OH excluding ortho intramolecular Hbond substituents is 1. The second kappa shape index (κ2) is 4.01. The van der Waals surface area contributed by atoms with Crippen LogP contribution in [0.25, 0.3) is 11.1 Å². The topological polar surface area (TPSA) is 46.2 Å². The minimum absolute atomic E-state index is 0.00952. The fourth-order valence-electron chi connectivity index (χ4n) is 1.47. The highest BCUT2D eigenvalue weighted by molar-refractivity contribution is 5.69. The third kappa shape index (κ3) is 1.91. The van der Waals surface area contributed by atoms with Gasteiger partial charge < -0.3 is 10.8 Å². The smallest absolute Gasteiger partial charge is 0.197 e. The molecular weight excluding hydrogens is 231 g/mol. The number of nitrogen functional groups attached to an aromatic ring is 1. The average Bonchev–Trinajstić information content (AvgIpc) is 2.32. The lowest BCUT2D eigenvalue weighted by Gasteiger charge is -2.07. The Morgan fingerprint density at radius 1 is 0.882 bits per heavy atom. The molecule has 0 aromatic heterocycles. The molecule has 0 amide bonds. The Morgan fingerprint density at radius 2 is 1.47 bits per heavy atom. The summed E-state index contributed by atoms with van der Waals surface area (Å²) in [6.07, 6.45) is 0. The quantitative estimate of drug-likeness (QED) is 0.593. The molecule has 0 fully saturated rings. The normalized spacial score (nSPS) is 10.5. The summed E-state index contributed by atoms with van der Waals surface area (Å²) in [4.78, 5) is 0. The SMILES string of the molecule is Nc1cc(-c2ccc(O)cc2)c(F)c(F)c1F. The molecule has 0 aliphatic rings. The Morgan fingerprint density at radius 3 is 2.06 bits per heavy atom. The number of rotatable bonds is 1. The van der Waals surface area contributed by atoms with Crippen molar-refractivity contribution in [3.05, 3.63) is 47.8 Å². The van der Waals surface area contributed by atoms with E-state index in [9.17, 15) is 13.2 Å². The van der Waals surface area contributed by atoms with Crippen molar-refractivity contribution in [2.75, 3.05) is 5.73 Å². The number of phenols is 1. The lowest BCUT2D eigenvalue weighted by Crippen LogP contribution is -2.00. The number of anilines is 1. The van der Waals surface area contributed by atoms with Crippen LogP contribution < -0.4 is 5.73 Å². The molecule has 0 spiro atoms. The van der Waals surface area contributed by atoms with Crippen LogP contribution in [0.4, 0.5) is 18.9 Å². The van der Waals surface area contributed by atoms with E-state index in [1.54, 1.807) is 0 Å². The summed E-state index contributed by atoms with van der Waals surface area (Å²) >= 11 is 0. The number of nitrogens with two attached hydrogens (primary N) is 1. The molecule has 0 radical (unpaired) electrons. The average molecular weight is 239 g/mol. The lowest BCUT2D eigenvalue weighted by atomic mass is 10.0. The molecule has 0 atom stereocenters. The number of hydrogen-bond donors (Lipinski definition) is 2. The summed E-state index contributed by atoms with van der Waals surface area (Å²) in [5.74, 6) is -4.31. The molecule has 2 nitrogen and oxygen atoms in total. The fraction of sp³-hybridized carbons (Fsp3) is 0. The van der Waals surface area contributed by atoms with Crippen molar-refractivity contribution in [1.82, 2.24) is 0 Å². The molecule has 2 aromatic carbocycles. The van der Waals surface area contributed by atoms with Crippen molar-refractivity contribution in [2.24, 2.45) is 0 Å². The first-order valence-electron chi connectivity index (χ1n) is 4.73. The Labute approximate surface area is 95.1 Å². The minimum Gasteiger partial charge on any atom is -0.508 e. The van der Waals surface area contributed by atoms with Gasteiger partial charge in [0.05, 0.1) is 5.69 Å². The summed E-state index contributed by atoms with van der Waals surface area (Å²) in [5, 5.41) is 9.07. The van der Waals surface area contributed by atoms with Crippen LogP contribution in [0.3, 0.4) is 0 Å². The van der Waals surface area contributed by atoms with Gasteiger partial charge in [-0.1, -0.05) is 12.1 Å². The molecule has 88 valence electrons. The third-order valence-electron chi connectivity index (χ3n) is 2.35. The van der Waals surface area contributed by atoms with E-state index >= 15 is 0 Å². The first kappa shape index (κ1) is 11.3. The van der Waals surface area contributed by atoms with Gasteiger partial charge in [-0.3, -0.25) is 0 Å². The van der Waals surface area contributed by atoms with Crippen LogP contribution in [0.15, 0.2) is 30.3 Å². The number of benzene rings is 2. The zero-order chi connectivity index (χ0) is 12.6. The van der Waals surface area contributed by atoms with Crippen molar-refractivity contribution in [3.8, 4) is 16.9 Å². The van der Waals surface area contributed by atoms with Crippen LogP contribution in [0, 0.1) is 17.5 Å². The van der Waals surface area contributed by atoms with Gasteiger partial charge in [0.15, 0.2) is 17.5 Å². The molecule has 0 heterocycles. The molecule has 2 rings (SSSR count). The Bertz CT molecular complexity index is 567. The Hall–Kier alpha value is -2.17. The van der Waals surface area contributed by atoms with E-state index < -0.39 is 23.1 Å². The van der Waals surface area contributed by atoms with Crippen molar-refractivity contribution in [2.45, 2.75) is 0 Å². The van der Waals surface area contributed by atoms with Crippen LogP contribution in [0.5, 0.6) is 5.75 Å². The molecule has 3 N–H and O–H groups in total. The van der Waals surface area contributed by atoms with Crippen LogP contribution >= 0.6 is 0 Å². The van der Waals surface area contributed by atoms with E-state index in [0.29, 0.717) is 5.56 Å². The van der Waals surface area contributed by atoms with E-state index in [4.69, 9.17) is 10.8 Å². The Kier molecular flexibility index (Phi) is 2.67. The zero-order valence-corrected chi connectivity index (χ0v) is 8.55. The van der Waals surface area contributed by atoms with E-state index in [1.165, 1.54) is 24.3 Å². The molecule has 0 bridgehead atoms. The van der Waals surface area contributed by atoms with Gasteiger partial charge in [0, 0.05) is 5.56 Å². The van der Waals surface area contributed by atoms with Gasteiger partial charge in [-0.25, -0.2) is 13.2 Å². The monoisotopic (exact) mass is 239 g/mol. The van der Waals surface area contributed by atoms with Gasteiger partial charge in [0.2, 0.25) is 0 Å². The van der Waals surface area contributed by atoms with Crippen molar-refractivity contribution in [3.63, 3.8) is 0 Å². The molecule has 0 unspecified atom stereocenters. The number of aromatic hydroxyl groups is 1. The summed E-state index contributed by atoms with van der Waals surface area (Å²) in [7, 11) is 0. The molecule has 5 heteroatoms. The zero-order valence-electron chi connectivity index (χ0n) is 8.55. The second-order valence-electron chi connectivity index (χ2n) is 3.50. The highest BCUT2D eigenvalue weighted by atomic mass is 19.2. The van der Waals surface area contributed by atoms with Gasteiger partial charge in [-0.05, 0) is 23.8 Å².